The van der Waals surface area contributed by atoms with Gasteiger partial charge in [0.2, 0.25) is 11.2 Å². The lowest BCUT2D eigenvalue weighted by molar-refractivity contribution is 0.306. The molecular weight excluding hydrogens is 383 g/mol. The van der Waals surface area contributed by atoms with E-state index >= 15 is 0 Å². The topological polar surface area (TPSA) is 48.7 Å². The van der Waals surface area contributed by atoms with Gasteiger partial charge in [-0.25, -0.2) is 4.39 Å². The first-order chi connectivity index (χ1) is 14.4. The summed E-state index contributed by atoms with van der Waals surface area (Å²) in [6, 6.07) is 15.1. The Labute approximate surface area is 173 Å². The number of rotatable bonds is 5. The predicted octanol–water partition coefficient (Wildman–Crippen LogP) is 6.23. The molecule has 1 heterocycles. The minimum atomic E-state index is -0.291. The number of benzene rings is 3. The Hall–Kier alpha value is -3.60. The molecule has 0 spiro atoms. The van der Waals surface area contributed by atoms with Gasteiger partial charge in [-0.05, 0) is 73.4 Å². The van der Waals surface area contributed by atoms with E-state index in [-0.39, 0.29) is 23.6 Å². The van der Waals surface area contributed by atoms with Crippen LogP contribution in [0.15, 0.2) is 70.1 Å². The molecule has 1 aromatic heterocycles. The second-order valence-corrected chi connectivity index (χ2v) is 7.31. The van der Waals surface area contributed by atoms with E-state index in [0.717, 1.165) is 22.3 Å². The van der Waals surface area contributed by atoms with Crippen LogP contribution in [0.4, 0.5) is 4.39 Å². The fraction of sp³-hybridized carbons (Fsp3) is 0.160. The van der Waals surface area contributed by atoms with E-state index in [2.05, 4.69) is 6.07 Å². The summed E-state index contributed by atoms with van der Waals surface area (Å²) in [5.41, 5.74) is 4.12. The van der Waals surface area contributed by atoms with E-state index < -0.39 is 0 Å². The highest BCUT2D eigenvalue weighted by Crippen LogP contribution is 2.29. The average Bonchev–Trinajstić information content (AvgIpc) is 2.73. The van der Waals surface area contributed by atoms with Crippen molar-refractivity contribution in [3.8, 4) is 17.2 Å². The quantitative estimate of drug-likeness (QED) is 0.396. The Kier molecular flexibility index (Phi) is 5.27. The molecule has 0 saturated heterocycles. The molecule has 3 aromatic carbocycles. The molecule has 0 saturated carbocycles. The largest absolute Gasteiger partial charge is 0.489 e. The maximum absolute atomic E-state index is 13.0. The lowest BCUT2D eigenvalue weighted by atomic mass is 10.1. The molecule has 0 radical (unpaired) electrons. The van der Waals surface area contributed by atoms with E-state index in [0.29, 0.717) is 22.5 Å². The van der Waals surface area contributed by atoms with Crippen molar-refractivity contribution < 1.29 is 18.3 Å². The second-order valence-electron chi connectivity index (χ2n) is 7.31. The zero-order chi connectivity index (χ0) is 21.3. The van der Waals surface area contributed by atoms with Gasteiger partial charge in [-0.1, -0.05) is 18.2 Å². The van der Waals surface area contributed by atoms with Gasteiger partial charge in [-0.15, -0.1) is 0 Å². The third-order valence-electron chi connectivity index (χ3n) is 5.02. The summed E-state index contributed by atoms with van der Waals surface area (Å²) >= 11 is 0. The highest BCUT2D eigenvalue weighted by Gasteiger charge is 2.12. The number of hydrogen-bond donors (Lipinski definition) is 0. The zero-order valence-electron chi connectivity index (χ0n) is 17.0. The summed E-state index contributed by atoms with van der Waals surface area (Å²) in [5, 5.41) is 0.406. The van der Waals surface area contributed by atoms with Crippen molar-refractivity contribution in [1.82, 2.24) is 0 Å². The SMILES string of the molecule is Cc1cc(C)c(C)c(Oc2coc3cc(OCc4ccc(F)cc4)ccc3c2=O)c1. The van der Waals surface area contributed by atoms with E-state index in [1.165, 1.54) is 18.4 Å². The van der Waals surface area contributed by atoms with Gasteiger partial charge in [-0.2, -0.15) is 0 Å². The van der Waals surface area contributed by atoms with Gasteiger partial charge >= 0.3 is 0 Å². The second kappa shape index (κ2) is 8.03. The zero-order valence-corrected chi connectivity index (χ0v) is 17.0. The van der Waals surface area contributed by atoms with Gasteiger partial charge in [0, 0.05) is 6.07 Å². The van der Waals surface area contributed by atoms with Crippen LogP contribution in [0.3, 0.4) is 0 Å². The van der Waals surface area contributed by atoms with Crippen molar-refractivity contribution in [2.24, 2.45) is 0 Å². The van der Waals surface area contributed by atoms with E-state index in [4.69, 9.17) is 13.9 Å². The molecule has 4 nitrogen and oxygen atoms in total. The Bertz CT molecular complexity index is 1270. The van der Waals surface area contributed by atoms with Gasteiger partial charge in [0.1, 0.15) is 35.8 Å². The average molecular weight is 404 g/mol. The van der Waals surface area contributed by atoms with Crippen LogP contribution in [0, 0.1) is 26.6 Å². The third kappa shape index (κ3) is 4.06. The normalized spacial score (nSPS) is 10.9. The molecule has 4 aromatic rings. The summed E-state index contributed by atoms with van der Waals surface area (Å²) in [6.07, 6.45) is 1.32. The first kappa shape index (κ1) is 19.7. The molecule has 152 valence electrons. The van der Waals surface area contributed by atoms with Gasteiger partial charge < -0.3 is 13.9 Å². The molecular formula is C25H21FO4. The maximum Gasteiger partial charge on any atom is 0.235 e. The summed E-state index contributed by atoms with van der Waals surface area (Å²) in [4.78, 5) is 12.9. The Morgan fingerprint density at radius 2 is 1.70 bits per heavy atom. The van der Waals surface area contributed by atoms with E-state index in [1.54, 1.807) is 30.3 Å². The molecule has 0 aliphatic rings. The molecule has 0 aliphatic carbocycles. The summed E-state index contributed by atoms with van der Waals surface area (Å²) in [7, 11) is 0. The van der Waals surface area contributed by atoms with Crippen LogP contribution in [0.1, 0.15) is 22.3 Å². The van der Waals surface area contributed by atoms with Crippen molar-refractivity contribution in [3.63, 3.8) is 0 Å². The van der Waals surface area contributed by atoms with Crippen LogP contribution in [0.2, 0.25) is 0 Å². The number of aryl methyl sites for hydroxylation is 2. The van der Waals surface area contributed by atoms with Gasteiger partial charge in [-0.3, -0.25) is 4.79 Å². The molecule has 0 unspecified atom stereocenters. The highest BCUT2D eigenvalue weighted by molar-refractivity contribution is 5.79. The Morgan fingerprint density at radius 3 is 2.47 bits per heavy atom. The first-order valence-corrected chi connectivity index (χ1v) is 9.59. The summed E-state index contributed by atoms with van der Waals surface area (Å²) in [6.45, 7) is 6.22. The standard InChI is InChI=1S/C25H21FO4/c1-15-10-16(2)17(3)22(11-15)30-24-14-29-23-12-20(8-9-21(23)25(24)27)28-13-18-4-6-19(26)7-5-18/h4-12,14H,13H2,1-3H3. The van der Waals surface area contributed by atoms with Crippen molar-refractivity contribution in [2.45, 2.75) is 27.4 Å². The molecule has 0 fully saturated rings. The summed E-state index contributed by atoms with van der Waals surface area (Å²) in [5.74, 6) is 1.03. The molecule has 5 heteroatoms. The first-order valence-electron chi connectivity index (χ1n) is 9.59. The highest BCUT2D eigenvalue weighted by atomic mass is 19.1. The van der Waals surface area contributed by atoms with Crippen LogP contribution in [0.25, 0.3) is 11.0 Å². The van der Waals surface area contributed by atoms with Gasteiger partial charge in [0.15, 0.2) is 0 Å². The van der Waals surface area contributed by atoms with Crippen LogP contribution in [-0.2, 0) is 6.61 Å². The molecule has 30 heavy (non-hydrogen) atoms. The van der Waals surface area contributed by atoms with Crippen molar-refractivity contribution >= 4 is 11.0 Å². The Balaban J connectivity index is 1.58. The monoisotopic (exact) mass is 404 g/mol. The lowest BCUT2D eigenvalue weighted by Crippen LogP contribution is -2.06. The third-order valence-corrected chi connectivity index (χ3v) is 5.02. The van der Waals surface area contributed by atoms with Crippen LogP contribution < -0.4 is 14.9 Å². The van der Waals surface area contributed by atoms with Crippen LogP contribution >= 0.6 is 0 Å². The molecule has 0 N–H and O–H groups in total. The van der Waals surface area contributed by atoms with E-state index in [9.17, 15) is 9.18 Å². The number of fused-ring (bicyclic) bond motifs is 1. The lowest BCUT2D eigenvalue weighted by Gasteiger charge is -2.12. The predicted molar refractivity (Wildman–Crippen MR) is 114 cm³/mol. The van der Waals surface area contributed by atoms with Gasteiger partial charge in [0.25, 0.3) is 0 Å². The minimum absolute atomic E-state index is 0.135. The van der Waals surface area contributed by atoms with Crippen molar-refractivity contribution in [1.29, 1.82) is 0 Å². The maximum atomic E-state index is 13.0. The van der Waals surface area contributed by atoms with E-state index in [1.807, 2.05) is 26.8 Å². The summed E-state index contributed by atoms with van der Waals surface area (Å²) < 4.78 is 30.3. The fourth-order valence-electron chi connectivity index (χ4n) is 3.22. The molecule has 0 atom stereocenters. The smallest absolute Gasteiger partial charge is 0.235 e. The van der Waals surface area contributed by atoms with Gasteiger partial charge in [0.05, 0.1) is 5.39 Å². The molecule has 4 rings (SSSR count). The Morgan fingerprint density at radius 1 is 0.933 bits per heavy atom. The molecule has 0 aliphatic heterocycles. The molecule has 0 amide bonds. The number of ether oxygens (including phenoxy) is 2. The number of hydrogen-bond acceptors (Lipinski definition) is 4. The van der Waals surface area contributed by atoms with Crippen molar-refractivity contribution in [3.05, 3.63) is 99.2 Å². The minimum Gasteiger partial charge on any atom is -0.489 e. The number of halogens is 1. The van der Waals surface area contributed by atoms with Crippen LogP contribution in [0.5, 0.6) is 17.2 Å². The van der Waals surface area contributed by atoms with Crippen LogP contribution in [-0.4, -0.2) is 0 Å². The van der Waals surface area contributed by atoms with Crippen molar-refractivity contribution in [2.75, 3.05) is 0 Å². The molecule has 0 bridgehead atoms. The fourth-order valence-corrected chi connectivity index (χ4v) is 3.22.